The second kappa shape index (κ2) is 5.84. The Morgan fingerprint density at radius 2 is 1.85 bits per heavy atom. The van der Waals surface area contributed by atoms with Crippen molar-refractivity contribution in [2.24, 2.45) is 0 Å². The van der Waals surface area contributed by atoms with Crippen LogP contribution in [0.5, 0.6) is 11.5 Å². The SMILES string of the molecule is COC(=O)c1ccc(Oc2ccc(Cl)cc2C)c(N)c1. The minimum Gasteiger partial charge on any atom is -0.465 e. The van der Waals surface area contributed by atoms with Gasteiger partial charge in [0.05, 0.1) is 18.4 Å². The molecule has 0 aliphatic heterocycles. The maximum Gasteiger partial charge on any atom is 0.337 e. The van der Waals surface area contributed by atoms with Crippen LogP contribution >= 0.6 is 11.6 Å². The number of nitrogen functional groups attached to an aromatic ring is 1. The first-order valence-corrected chi connectivity index (χ1v) is 6.31. The number of carbonyl (C=O) groups is 1. The van der Waals surface area contributed by atoms with Crippen molar-refractivity contribution in [2.75, 3.05) is 12.8 Å². The second-order valence-corrected chi connectivity index (χ2v) is 4.69. The number of ether oxygens (including phenoxy) is 2. The maximum atomic E-state index is 11.4. The number of halogens is 1. The molecule has 0 atom stereocenters. The lowest BCUT2D eigenvalue weighted by Crippen LogP contribution is -2.03. The zero-order chi connectivity index (χ0) is 14.7. The summed E-state index contributed by atoms with van der Waals surface area (Å²) in [5.41, 5.74) is 7.52. The fraction of sp³-hybridized carbons (Fsp3) is 0.133. The summed E-state index contributed by atoms with van der Waals surface area (Å²) < 4.78 is 10.4. The minimum absolute atomic E-state index is 0.363. The number of nitrogens with two attached hydrogens (primary N) is 1. The number of carbonyl (C=O) groups excluding carboxylic acids is 1. The zero-order valence-electron chi connectivity index (χ0n) is 11.1. The molecular formula is C15H14ClNO3. The van der Waals surface area contributed by atoms with Crippen LogP contribution in [0, 0.1) is 6.92 Å². The first-order chi connectivity index (χ1) is 9.51. The Bertz CT molecular complexity index is 656. The highest BCUT2D eigenvalue weighted by Gasteiger charge is 2.10. The first-order valence-electron chi connectivity index (χ1n) is 5.93. The summed E-state index contributed by atoms with van der Waals surface area (Å²) >= 11 is 5.89. The second-order valence-electron chi connectivity index (χ2n) is 4.26. The fourth-order valence-corrected chi connectivity index (χ4v) is 1.96. The Labute approximate surface area is 122 Å². The maximum absolute atomic E-state index is 11.4. The summed E-state index contributed by atoms with van der Waals surface area (Å²) in [7, 11) is 1.32. The van der Waals surface area contributed by atoms with Gasteiger partial charge in [0, 0.05) is 5.02 Å². The number of esters is 1. The van der Waals surface area contributed by atoms with Crippen LogP contribution in [0.25, 0.3) is 0 Å². The Kier molecular flexibility index (Phi) is 4.15. The smallest absolute Gasteiger partial charge is 0.337 e. The highest BCUT2D eigenvalue weighted by molar-refractivity contribution is 6.30. The third kappa shape index (κ3) is 3.03. The van der Waals surface area contributed by atoms with Crippen LogP contribution in [0.1, 0.15) is 15.9 Å². The molecule has 0 aliphatic carbocycles. The van der Waals surface area contributed by atoms with Crippen molar-refractivity contribution >= 4 is 23.3 Å². The van der Waals surface area contributed by atoms with E-state index in [-0.39, 0.29) is 0 Å². The van der Waals surface area contributed by atoms with Crippen LogP contribution in [-0.4, -0.2) is 13.1 Å². The van der Waals surface area contributed by atoms with Crippen molar-refractivity contribution in [2.45, 2.75) is 6.92 Å². The van der Waals surface area contributed by atoms with Gasteiger partial charge in [-0.15, -0.1) is 0 Å². The molecule has 2 aromatic rings. The van der Waals surface area contributed by atoms with Crippen molar-refractivity contribution in [3.05, 3.63) is 52.5 Å². The van der Waals surface area contributed by atoms with Crippen molar-refractivity contribution in [3.8, 4) is 11.5 Å². The van der Waals surface area contributed by atoms with E-state index >= 15 is 0 Å². The molecule has 2 rings (SSSR count). The van der Waals surface area contributed by atoms with E-state index in [1.165, 1.54) is 13.2 Å². The summed E-state index contributed by atoms with van der Waals surface area (Å²) in [4.78, 5) is 11.4. The van der Waals surface area contributed by atoms with Gasteiger partial charge < -0.3 is 15.2 Å². The number of hydrogen-bond donors (Lipinski definition) is 1. The highest BCUT2D eigenvalue weighted by atomic mass is 35.5. The van der Waals surface area contributed by atoms with E-state index in [1.807, 2.05) is 6.92 Å². The summed E-state index contributed by atoms with van der Waals surface area (Å²) in [5.74, 6) is 0.695. The largest absolute Gasteiger partial charge is 0.465 e. The molecule has 0 spiro atoms. The predicted molar refractivity (Wildman–Crippen MR) is 78.5 cm³/mol. The number of hydrogen-bond acceptors (Lipinski definition) is 4. The number of aryl methyl sites for hydroxylation is 1. The molecule has 0 saturated heterocycles. The van der Waals surface area contributed by atoms with Crippen LogP contribution in [0.2, 0.25) is 5.02 Å². The number of methoxy groups -OCH3 is 1. The Morgan fingerprint density at radius 3 is 2.45 bits per heavy atom. The van der Waals surface area contributed by atoms with E-state index in [9.17, 15) is 4.79 Å². The molecule has 0 heterocycles. The zero-order valence-corrected chi connectivity index (χ0v) is 11.9. The molecule has 0 bridgehead atoms. The monoisotopic (exact) mass is 291 g/mol. The summed E-state index contributed by atoms with van der Waals surface area (Å²) in [5, 5.41) is 0.642. The quantitative estimate of drug-likeness (QED) is 0.690. The van der Waals surface area contributed by atoms with E-state index in [0.717, 1.165) is 5.56 Å². The van der Waals surface area contributed by atoms with Crippen LogP contribution in [0.4, 0.5) is 5.69 Å². The van der Waals surface area contributed by atoms with Gasteiger partial charge in [-0.2, -0.15) is 0 Å². The van der Waals surface area contributed by atoms with Crippen LogP contribution < -0.4 is 10.5 Å². The minimum atomic E-state index is -0.439. The van der Waals surface area contributed by atoms with E-state index in [4.69, 9.17) is 22.1 Å². The van der Waals surface area contributed by atoms with Gasteiger partial charge in [-0.05, 0) is 48.9 Å². The lowest BCUT2D eigenvalue weighted by Gasteiger charge is -2.11. The Morgan fingerprint density at radius 1 is 1.15 bits per heavy atom. The van der Waals surface area contributed by atoms with Gasteiger partial charge in [0.25, 0.3) is 0 Å². The molecule has 0 saturated carbocycles. The summed E-state index contributed by atoms with van der Waals surface area (Å²) in [6, 6.07) is 10.1. The number of benzene rings is 2. The first kappa shape index (κ1) is 14.2. The molecule has 0 radical (unpaired) electrons. The van der Waals surface area contributed by atoms with Gasteiger partial charge in [0.2, 0.25) is 0 Å². The standard InChI is InChI=1S/C15H14ClNO3/c1-9-7-11(16)4-6-13(9)20-14-5-3-10(8-12(14)17)15(18)19-2/h3-8H,17H2,1-2H3. The Hall–Kier alpha value is -2.20. The normalized spacial score (nSPS) is 10.2. The van der Waals surface area contributed by atoms with Gasteiger partial charge in [-0.3, -0.25) is 0 Å². The van der Waals surface area contributed by atoms with E-state index < -0.39 is 5.97 Å². The molecule has 104 valence electrons. The molecule has 0 aromatic heterocycles. The van der Waals surface area contributed by atoms with Gasteiger partial charge in [0.15, 0.2) is 0 Å². The molecule has 0 unspecified atom stereocenters. The lowest BCUT2D eigenvalue weighted by molar-refractivity contribution is 0.0601. The number of anilines is 1. The molecule has 4 nitrogen and oxygen atoms in total. The van der Waals surface area contributed by atoms with Crippen molar-refractivity contribution in [1.82, 2.24) is 0 Å². The summed E-state index contributed by atoms with van der Waals surface area (Å²) in [6.07, 6.45) is 0. The van der Waals surface area contributed by atoms with Gasteiger partial charge in [0.1, 0.15) is 11.5 Å². The lowest BCUT2D eigenvalue weighted by atomic mass is 10.2. The van der Waals surface area contributed by atoms with Gasteiger partial charge >= 0.3 is 5.97 Å². The van der Waals surface area contributed by atoms with E-state index in [1.54, 1.807) is 30.3 Å². The van der Waals surface area contributed by atoms with E-state index in [2.05, 4.69) is 4.74 Å². The highest BCUT2D eigenvalue weighted by Crippen LogP contribution is 2.31. The number of rotatable bonds is 3. The average Bonchev–Trinajstić information content (AvgIpc) is 2.42. The molecule has 0 aliphatic rings. The van der Waals surface area contributed by atoms with Crippen LogP contribution in [0.3, 0.4) is 0 Å². The van der Waals surface area contributed by atoms with Crippen molar-refractivity contribution < 1.29 is 14.3 Å². The predicted octanol–water partition coefficient (Wildman–Crippen LogP) is 3.81. The molecule has 2 aromatic carbocycles. The van der Waals surface area contributed by atoms with E-state index in [0.29, 0.717) is 27.8 Å². The molecule has 2 N–H and O–H groups in total. The van der Waals surface area contributed by atoms with Crippen LogP contribution in [0.15, 0.2) is 36.4 Å². The molecule has 0 fully saturated rings. The third-order valence-corrected chi connectivity index (χ3v) is 3.02. The van der Waals surface area contributed by atoms with Crippen molar-refractivity contribution in [3.63, 3.8) is 0 Å². The third-order valence-electron chi connectivity index (χ3n) is 2.79. The molecule has 20 heavy (non-hydrogen) atoms. The van der Waals surface area contributed by atoms with Crippen LogP contribution in [-0.2, 0) is 4.74 Å². The average molecular weight is 292 g/mol. The van der Waals surface area contributed by atoms with Gasteiger partial charge in [-0.1, -0.05) is 11.6 Å². The molecule has 0 amide bonds. The fourth-order valence-electron chi connectivity index (χ4n) is 1.73. The molecular weight excluding hydrogens is 278 g/mol. The summed E-state index contributed by atoms with van der Waals surface area (Å²) in [6.45, 7) is 1.89. The topological polar surface area (TPSA) is 61.5 Å². The van der Waals surface area contributed by atoms with Crippen molar-refractivity contribution in [1.29, 1.82) is 0 Å². The molecule has 5 heteroatoms. The Balaban J connectivity index is 2.28. The van der Waals surface area contributed by atoms with Gasteiger partial charge in [-0.25, -0.2) is 4.79 Å².